The van der Waals surface area contributed by atoms with E-state index in [1.165, 1.54) is 16.8 Å². The number of halogens is 1. The second kappa shape index (κ2) is 7.58. The third kappa shape index (κ3) is 3.33. The first-order valence-electron chi connectivity index (χ1n) is 9.77. The van der Waals surface area contributed by atoms with E-state index >= 15 is 0 Å². The van der Waals surface area contributed by atoms with E-state index < -0.39 is 0 Å². The lowest BCUT2D eigenvalue weighted by atomic mass is 9.81. The highest BCUT2D eigenvalue weighted by molar-refractivity contribution is 6.12. The first kappa shape index (κ1) is 18.4. The smallest absolute Gasteiger partial charge is 0.279 e. The zero-order chi connectivity index (χ0) is 19.7. The highest BCUT2D eigenvalue weighted by atomic mass is 19.1. The monoisotopic (exact) mass is 378 g/mol. The van der Waals surface area contributed by atoms with Crippen LogP contribution in [0, 0.1) is 17.7 Å². The molecule has 4 nitrogen and oxygen atoms in total. The molecule has 0 amide bonds. The van der Waals surface area contributed by atoms with Crippen molar-refractivity contribution in [2.24, 2.45) is 11.8 Å². The van der Waals surface area contributed by atoms with Crippen LogP contribution in [0.2, 0.25) is 0 Å². The van der Waals surface area contributed by atoms with Crippen LogP contribution in [0.25, 0.3) is 17.3 Å². The molecule has 0 saturated heterocycles. The molecular formula is C23H23FN2O2. The number of nitrogens with one attached hydrogen (secondary N) is 1. The summed E-state index contributed by atoms with van der Waals surface area (Å²) in [5.41, 5.74) is 1.26. The van der Waals surface area contributed by atoms with Crippen molar-refractivity contribution >= 4 is 17.4 Å². The Morgan fingerprint density at radius 1 is 1.14 bits per heavy atom. The Morgan fingerprint density at radius 3 is 2.61 bits per heavy atom. The van der Waals surface area contributed by atoms with E-state index in [-0.39, 0.29) is 23.1 Å². The molecule has 0 radical (unpaired) electrons. The molecule has 28 heavy (non-hydrogen) atoms. The molecule has 2 unspecified atom stereocenters. The van der Waals surface area contributed by atoms with Gasteiger partial charge in [0.1, 0.15) is 5.82 Å². The fourth-order valence-corrected chi connectivity index (χ4v) is 4.20. The van der Waals surface area contributed by atoms with Crippen LogP contribution in [0.5, 0.6) is 0 Å². The highest BCUT2D eigenvalue weighted by Crippen LogP contribution is 2.27. The van der Waals surface area contributed by atoms with Crippen LogP contribution in [-0.4, -0.2) is 15.6 Å². The van der Waals surface area contributed by atoms with Crippen LogP contribution in [0.15, 0.2) is 53.4 Å². The Labute approximate surface area is 162 Å². The fraction of sp³-hybridized carbons (Fsp3) is 0.304. The van der Waals surface area contributed by atoms with Gasteiger partial charge in [-0.3, -0.25) is 14.7 Å². The third-order valence-corrected chi connectivity index (χ3v) is 5.65. The Bertz CT molecular complexity index is 1130. The SMILES string of the molecule is CCC1=c2c([nH]n(-c3ccc(F)cc3)c2=O)=CC(=O)C1CCC1C=CC=CC1. The van der Waals surface area contributed by atoms with Crippen molar-refractivity contribution in [3.05, 3.63) is 75.3 Å². The molecule has 1 aromatic heterocycles. The number of aromatic nitrogens is 2. The van der Waals surface area contributed by atoms with Crippen LogP contribution < -0.4 is 16.1 Å². The van der Waals surface area contributed by atoms with Crippen molar-refractivity contribution in [3.63, 3.8) is 0 Å². The molecule has 4 rings (SSSR count). The number of aromatic amines is 1. The van der Waals surface area contributed by atoms with Gasteiger partial charge in [-0.25, -0.2) is 9.07 Å². The predicted molar refractivity (Wildman–Crippen MR) is 108 cm³/mol. The molecule has 2 aliphatic carbocycles. The summed E-state index contributed by atoms with van der Waals surface area (Å²) < 4.78 is 14.6. The van der Waals surface area contributed by atoms with Gasteiger partial charge in [-0.05, 0) is 61.4 Å². The average molecular weight is 378 g/mol. The van der Waals surface area contributed by atoms with Gasteiger partial charge < -0.3 is 0 Å². The molecule has 0 aliphatic heterocycles. The molecule has 2 aliphatic rings. The molecule has 0 saturated carbocycles. The molecule has 1 aromatic carbocycles. The lowest BCUT2D eigenvalue weighted by Crippen LogP contribution is -2.43. The summed E-state index contributed by atoms with van der Waals surface area (Å²) in [6.45, 7) is 1.99. The lowest BCUT2D eigenvalue weighted by molar-refractivity contribution is -0.115. The first-order chi connectivity index (χ1) is 13.6. The maximum absolute atomic E-state index is 13.2. The Balaban J connectivity index is 1.73. The van der Waals surface area contributed by atoms with Gasteiger partial charge in [-0.2, -0.15) is 0 Å². The Hall–Kier alpha value is -2.95. The molecule has 0 bridgehead atoms. The zero-order valence-electron chi connectivity index (χ0n) is 15.8. The summed E-state index contributed by atoms with van der Waals surface area (Å²) in [6, 6.07) is 5.73. The van der Waals surface area contributed by atoms with Gasteiger partial charge in [0.15, 0.2) is 5.78 Å². The highest BCUT2D eigenvalue weighted by Gasteiger charge is 2.27. The van der Waals surface area contributed by atoms with Crippen molar-refractivity contribution in [1.82, 2.24) is 9.78 Å². The minimum Gasteiger partial charge on any atom is -0.294 e. The van der Waals surface area contributed by atoms with E-state index in [4.69, 9.17) is 0 Å². The Kier molecular flexibility index (Phi) is 4.99. The summed E-state index contributed by atoms with van der Waals surface area (Å²) in [5.74, 6) is -0.115. The van der Waals surface area contributed by atoms with E-state index in [1.807, 2.05) is 13.0 Å². The van der Waals surface area contributed by atoms with E-state index in [2.05, 4.69) is 23.3 Å². The largest absolute Gasteiger partial charge is 0.294 e. The number of nitrogens with zero attached hydrogens (tertiary/aromatic N) is 1. The number of carbonyl (C=O) groups excluding carboxylic acids is 1. The normalized spacial score (nSPS) is 20.9. The zero-order valence-corrected chi connectivity index (χ0v) is 15.8. The van der Waals surface area contributed by atoms with Crippen LogP contribution in [0.3, 0.4) is 0 Å². The number of H-pyrrole nitrogens is 1. The van der Waals surface area contributed by atoms with Gasteiger partial charge in [-0.15, -0.1) is 0 Å². The first-order valence-corrected chi connectivity index (χ1v) is 9.77. The summed E-state index contributed by atoms with van der Waals surface area (Å²) in [5, 5.41) is 4.16. The van der Waals surface area contributed by atoms with Crippen molar-refractivity contribution in [2.45, 2.75) is 32.6 Å². The number of allylic oxidation sites excluding steroid dienone is 4. The maximum Gasteiger partial charge on any atom is 0.279 e. The van der Waals surface area contributed by atoms with Crippen molar-refractivity contribution in [3.8, 4) is 5.69 Å². The second-order valence-corrected chi connectivity index (χ2v) is 7.38. The number of fused-ring (bicyclic) bond motifs is 1. The maximum atomic E-state index is 13.2. The molecular weight excluding hydrogens is 355 g/mol. The third-order valence-electron chi connectivity index (χ3n) is 5.65. The number of hydrogen-bond acceptors (Lipinski definition) is 2. The molecule has 5 heteroatoms. The minimum atomic E-state index is -0.359. The van der Waals surface area contributed by atoms with Crippen LogP contribution >= 0.6 is 0 Å². The topological polar surface area (TPSA) is 54.9 Å². The van der Waals surface area contributed by atoms with Gasteiger partial charge in [0.2, 0.25) is 0 Å². The predicted octanol–water partition coefficient (Wildman–Crippen LogP) is 2.76. The average Bonchev–Trinajstić information content (AvgIpc) is 3.03. The minimum absolute atomic E-state index is 0.0483. The summed E-state index contributed by atoms with van der Waals surface area (Å²) >= 11 is 0. The molecule has 1 N–H and O–H groups in total. The van der Waals surface area contributed by atoms with Crippen LogP contribution in [0.4, 0.5) is 4.39 Å². The van der Waals surface area contributed by atoms with E-state index in [0.717, 1.165) is 24.8 Å². The van der Waals surface area contributed by atoms with Crippen molar-refractivity contribution in [2.75, 3.05) is 0 Å². The van der Waals surface area contributed by atoms with Gasteiger partial charge in [-0.1, -0.05) is 31.2 Å². The standard InChI is InChI=1S/C23H23FN2O2/c1-2-18-19(13-8-15-6-4-3-5-7-15)21(27)14-20-22(18)23(28)26(25-20)17-11-9-16(24)10-12-17/h3-6,9-12,14-15,19,25H,2,7-8,13H2,1H3. The molecule has 0 fully saturated rings. The summed E-state index contributed by atoms with van der Waals surface area (Å²) in [7, 11) is 0. The Morgan fingerprint density at radius 2 is 1.93 bits per heavy atom. The summed E-state index contributed by atoms with van der Waals surface area (Å²) in [4.78, 5) is 25.9. The number of carbonyl (C=O) groups is 1. The van der Waals surface area contributed by atoms with E-state index in [9.17, 15) is 14.0 Å². The number of benzene rings is 1. The van der Waals surface area contributed by atoms with E-state index in [0.29, 0.717) is 28.6 Å². The number of hydrogen-bond donors (Lipinski definition) is 1. The molecule has 0 spiro atoms. The van der Waals surface area contributed by atoms with Gasteiger partial charge in [0.25, 0.3) is 5.56 Å². The number of ketones is 1. The van der Waals surface area contributed by atoms with Crippen molar-refractivity contribution in [1.29, 1.82) is 0 Å². The fourth-order valence-electron chi connectivity index (χ4n) is 4.20. The molecule has 1 heterocycles. The van der Waals surface area contributed by atoms with Gasteiger partial charge in [0.05, 0.1) is 16.3 Å². The van der Waals surface area contributed by atoms with E-state index in [1.54, 1.807) is 18.2 Å². The van der Waals surface area contributed by atoms with Crippen LogP contribution in [0.1, 0.15) is 32.6 Å². The van der Waals surface area contributed by atoms with Crippen molar-refractivity contribution < 1.29 is 9.18 Å². The second-order valence-electron chi connectivity index (χ2n) is 7.38. The number of rotatable bonds is 5. The summed E-state index contributed by atoms with van der Waals surface area (Å²) in [6.07, 6.45) is 13.3. The van der Waals surface area contributed by atoms with Gasteiger partial charge in [0, 0.05) is 12.0 Å². The molecule has 2 atom stereocenters. The van der Waals surface area contributed by atoms with Gasteiger partial charge >= 0.3 is 0 Å². The molecule has 144 valence electrons. The number of Topliss-reactive ketones (excluding diaryl/α,β-unsaturated/α-hetero) is 1. The lowest BCUT2D eigenvalue weighted by Gasteiger charge is -2.21. The van der Waals surface area contributed by atoms with Crippen LogP contribution in [-0.2, 0) is 4.79 Å². The quantitative estimate of drug-likeness (QED) is 0.870. The molecule has 2 aromatic rings.